The second-order valence-electron chi connectivity index (χ2n) is 5.43. The molecule has 0 saturated heterocycles. The smallest absolute Gasteiger partial charge is 0.282 e. The first-order chi connectivity index (χ1) is 11.0. The molecule has 3 aromatic rings. The summed E-state index contributed by atoms with van der Waals surface area (Å²) < 4.78 is 16.8. The van der Waals surface area contributed by atoms with Crippen LogP contribution in [0.15, 0.2) is 41.4 Å². The van der Waals surface area contributed by atoms with E-state index in [9.17, 15) is 9.18 Å². The van der Waals surface area contributed by atoms with Crippen LogP contribution in [0.4, 0.5) is 4.39 Å². The van der Waals surface area contributed by atoms with Crippen molar-refractivity contribution in [2.45, 2.75) is 27.3 Å². The molecule has 1 aromatic heterocycles. The van der Waals surface area contributed by atoms with Crippen LogP contribution in [0.3, 0.4) is 0 Å². The summed E-state index contributed by atoms with van der Waals surface area (Å²) in [5, 5.41) is 0. The lowest BCUT2D eigenvalue weighted by Crippen LogP contribution is -2.16. The lowest BCUT2D eigenvalue weighted by molar-refractivity contribution is 0.0994. The Morgan fingerprint density at radius 1 is 1.22 bits per heavy atom. The van der Waals surface area contributed by atoms with Crippen molar-refractivity contribution in [2.75, 3.05) is 0 Å². The van der Waals surface area contributed by atoms with Crippen LogP contribution in [0.2, 0.25) is 0 Å². The number of halogens is 1. The molecule has 0 radical (unpaired) electrons. The highest BCUT2D eigenvalue weighted by molar-refractivity contribution is 7.16. The number of hydrogen-bond acceptors (Lipinski definition) is 2. The van der Waals surface area contributed by atoms with E-state index in [-0.39, 0.29) is 5.56 Å². The minimum atomic E-state index is -0.551. The van der Waals surface area contributed by atoms with Gasteiger partial charge in [-0.1, -0.05) is 23.5 Å². The molecule has 0 saturated carbocycles. The van der Waals surface area contributed by atoms with Crippen LogP contribution in [-0.2, 0) is 6.54 Å². The molecule has 0 aliphatic rings. The fourth-order valence-electron chi connectivity index (χ4n) is 2.49. The number of carbonyl (C=O) groups is 1. The maximum Gasteiger partial charge on any atom is 0.282 e. The van der Waals surface area contributed by atoms with Crippen molar-refractivity contribution in [1.29, 1.82) is 0 Å². The van der Waals surface area contributed by atoms with Crippen molar-refractivity contribution in [3.63, 3.8) is 0 Å². The Kier molecular flexibility index (Phi) is 4.13. The molecule has 3 rings (SSSR count). The number of fused-ring (bicyclic) bond motifs is 1. The standard InChI is InChI=1S/C18H17FN2OS/c1-4-21-15-9-11(2)12(3)10-16(15)23-18(21)20-17(22)13-7-5-6-8-14(13)19/h5-10H,4H2,1-3H3. The van der Waals surface area contributed by atoms with Crippen molar-refractivity contribution in [3.8, 4) is 0 Å². The maximum absolute atomic E-state index is 13.8. The van der Waals surface area contributed by atoms with E-state index < -0.39 is 11.7 Å². The van der Waals surface area contributed by atoms with Crippen LogP contribution >= 0.6 is 11.3 Å². The average molecular weight is 328 g/mol. The normalized spacial score (nSPS) is 12.1. The highest BCUT2D eigenvalue weighted by Gasteiger charge is 2.12. The molecular formula is C18H17FN2OS. The van der Waals surface area contributed by atoms with E-state index in [1.54, 1.807) is 12.1 Å². The van der Waals surface area contributed by atoms with Gasteiger partial charge in [0.25, 0.3) is 5.91 Å². The van der Waals surface area contributed by atoms with E-state index in [0.29, 0.717) is 11.3 Å². The first kappa shape index (κ1) is 15.6. The summed E-state index contributed by atoms with van der Waals surface area (Å²) in [6, 6.07) is 10.1. The number of benzene rings is 2. The summed E-state index contributed by atoms with van der Waals surface area (Å²) in [5.74, 6) is -1.10. The van der Waals surface area contributed by atoms with Crippen molar-refractivity contribution >= 4 is 27.5 Å². The molecule has 3 nitrogen and oxygen atoms in total. The Morgan fingerprint density at radius 3 is 2.61 bits per heavy atom. The fourth-order valence-corrected chi connectivity index (χ4v) is 3.67. The lowest BCUT2D eigenvalue weighted by Gasteiger charge is -2.03. The average Bonchev–Trinajstić information content (AvgIpc) is 2.84. The molecule has 2 aromatic carbocycles. The molecule has 0 aliphatic heterocycles. The quantitative estimate of drug-likeness (QED) is 0.693. The molecule has 0 spiro atoms. The van der Waals surface area contributed by atoms with Crippen molar-refractivity contribution in [1.82, 2.24) is 4.57 Å². The van der Waals surface area contributed by atoms with Gasteiger partial charge in [-0.25, -0.2) is 4.39 Å². The first-order valence-corrected chi connectivity index (χ1v) is 8.27. The van der Waals surface area contributed by atoms with Crippen LogP contribution < -0.4 is 4.80 Å². The van der Waals surface area contributed by atoms with E-state index in [1.807, 2.05) is 11.5 Å². The Bertz CT molecular complexity index is 969. The highest BCUT2D eigenvalue weighted by Crippen LogP contribution is 2.22. The van der Waals surface area contributed by atoms with Gasteiger partial charge in [-0.3, -0.25) is 4.79 Å². The molecule has 0 aliphatic carbocycles. The topological polar surface area (TPSA) is 34.4 Å². The molecule has 0 bridgehead atoms. The lowest BCUT2D eigenvalue weighted by atomic mass is 10.1. The number of aromatic nitrogens is 1. The third-order valence-electron chi connectivity index (χ3n) is 3.92. The third-order valence-corrected chi connectivity index (χ3v) is 4.96. The molecule has 0 N–H and O–H groups in total. The summed E-state index contributed by atoms with van der Waals surface area (Å²) in [6.45, 7) is 6.83. The predicted molar refractivity (Wildman–Crippen MR) is 91.3 cm³/mol. The predicted octanol–water partition coefficient (Wildman–Crippen LogP) is 4.22. The zero-order chi connectivity index (χ0) is 16.6. The summed E-state index contributed by atoms with van der Waals surface area (Å²) in [6.07, 6.45) is 0. The van der Waals surface area contributed by atoms with Crippen LogP contribution in [0, 0.1) is 19.7 Å². The number of thiazole rings is 1. The Labute approximate surface area is 137 Å². The van der Waals surface area contributed by atoms with E-state index in [2.05, 4.69) is 31.0 Å². The number of amides is 1. The molecule has 1 heterocycles. The van der Waals surface area contributed by atoms with Crippen LogP contribution in [0.25, 0.3) is 10.2 Å². The Balaban J connectivity index is 2.19. The minimum absolute atomic E-state index is 0.0000275. The maximum atomic E-state index is 13.8. The number of rotatable bonds is 2. The number of nitrogens with zero attached hydrogens (tertiary/aromatic N) is 2. The second-order valence-corrected chi connectivity index (χ2v) is 6.44. The van der Waals surface area contributed by atoms with Crippen LogP contribution in [0.1, 0.15) is 28.4 Å². The van der Waals surface area contributed by atoms with Crippen molar-refractivity contribution in [3.05, 3.63) is 63.7 Å². The van der Waals surface area contributed by atoms with Gasteiger partial charge in [-0.2, -0.15) is 4.99 Å². The van der Waals surface area contributed by atoms with Gasteiger partial charge in [0.2, 0.25) is 0 Å². The molecule has 0 fully saturated rings. The third kappa shape index (κ3) is 2.84. The zero-order valence-corrected chi connectivity index (χ0v) is 14.1. The van der Waals surface area contributed by atoms with Gasteiger partial charge in [0.1, 0.15) is 5.82 Å². The summed E-state index contributed by atoms with van der Waals surface area (Å²) in [7, 11) is 0. The van der Waals surface area contributed by atoms with Gasteiger partial charge in [0.15, 0.2) is 4.80 Å². The van der Waals surface area contributed by atoms with Crippen molar-refractivity contribution in [2.24, 2.45) is 4.99 Å². The van der Waals surface area contributed by atoms with Gasteiger partial charge in [0, 0.05) is 6.54 Å². The molecule has 0 atom stereocenters. The molecule has 5 heteroatoms. The van der Waals surface area contributed by atoms with Gasteiger partial charge >= 0.3 is 0 Å². The van der Waals surface area contributed by atoms with Gasteiger partial charge < -0.3 is 4.57 Å². The molecule has 1 amide bonds. The highest BCUT2D eigenvalue weighted by atomic mass is 32.1. The number of hydrogen-bond donors (Lipinski definition) is 0. The SMILES string of the molecule is CCn1c(=NC(=O)c2ccccc2F)sc2cc(C)c(C)cc21. The van der Waals surface area contributed by atoms with Gasteiger partial charge in [-0.05, 0) is 56.2 Å². The minimum Gasteiger partial charge on any atom is -0.317 e. The van der Waals surface area contributed by atoms with E-state index in [4.69, 9.17) is 0 Å². The second kappa shape index (κ2) is 6.08. The van der Waals surface area contributed by atoms with Crippen LogP contribution in [0.5, 0.6) is 0 Å². The number of aryl methyl sites for hydroxylation is 3. The van der Waals surface area contributed by atoms with E-state index in [0.717, 1.165) is 10.2 Å². The molecule has 0 unspecified atom stereocenters. The summed E-state index contributed by atoms with van der Waals surface area (Å²) in [4.78, 5) is 17.1. The zero-order valence-electron chi connectivity index (χ0n) is 13.3. The number of carbonyl (C=O) groups excluding carboxylic acids is 1. The Morgan fingerprint density at radius 2 is 1.91 bits per heavy atom. The summed E-state index contributed by atoms with van der Waals surface area (Å²) >= 11 is 1.45. The van der Waals surface area contributed by atoms with E-state index >= 15 is 0 Å². The van der Waals surface area contributed by atoms with Crippen molar-refractivity contribution < 1.29 is 9.18 Å². The van der Waals surface area contributed by atoms with Gasteiger partial charge in [-0.15, -0.1) is 0 Å². The van der Waals surface area contributed by atoms with Crippen LogP contribution in [-0.4, -0.2) is 10.5 Å². The van der Waals surface area contributed by atoms with E-state index in [1.165, 1.54) is 34.6 Å². The first-order valence-electron chi connectivity index (χ1n) is 7.45. The molecular weight excluding hydrogens is 311 g/mol. The largest absolute Gasteiger partial charge is 0.317 e. The Hall–Kier alpha value is -2.27. The van der Waals surface area contributed by atoms with Gasteiger partial charge in [0.05, 0.1) is 15.8 Å². The fraction of sp³-hybridized carbons (Fsp3) is 0.222. The molecule has 118 valence electrons. The molecule has 23 heavy (non-hydrogen) atoms. The summed E-state index contributed by atoms with van der Waals surface area (Å²) in [5.41, 5.74) is 3.46. The monoisotopic (exact) mass is 328 g/mol.